The first kappa shape index (κ1) is 66.6. The van der Waals surface area contributed by atoms with Crippen LogP contribution in [0.2, 0.25) is 0 Å². The number of unbranched alkanes of at least 4 members (excludes halogenated alkanes) is 5. The van der Waals surface area contributed by atoms with E-state index in [0.29, 0.717) is 29.6 Å². The zero-order valence-electron chi connectivity index (χ0n) is 46.0. The molecule has 16 atom stereocenters. The van der Waals surface area contributed by atoms with Gasteiger partial charge in [0, 0.05) is 38.9 Å². The van der Waals surface area contributed by atoms with E-state index < -0.39 is 171 Å². The van der Waals surface area contributed by atoms with Crippen molar-refractivity contribution in [3.05, 3.63) is 29.8 Å². The van der Waals surface area contributed by atoms with Gasteiger partial charge in [0.25, 0.3) is 0 Å². The summed E-state index contributed by atoms with van der Waals surface area (Å²) < 4.78 is 5.17. The summed E-state index contributed by atoms with van der Waals surface area (Å²) in [6.07, 6.45) is -10.7. The Morgan fingerprint density at radius 3 is 1.96 bits per heavy atom. The number of nitrogens with zero attached hydrogens (tertiary/aromatic N) is 2. The summed E-state index contributed by atoms with van der Waals surface area (Å²) in [5.74, 6) is -9.17. The van der Waals surface area contributed by atoms with Crippen molar-refractivity contribution in [1.82, 2.24) is 36.4 Å². The third-order valence-corrected chi connectivity index (χ3v) is 14.9. The van der Waals surface area contributed by atoms with Crippen molar-refractivity contribution >= 4 is 53.2 Å². The molecule has 27 heteroatoms. The molecule has 0 radical (unpaired) electrons. The van der Waals surface area contributed by atoms with Gasteiger partial charge in [-0.05, 0) is 55.7 Å². The second kappa shape index (κ2) is 31.9. The summed E-state index contributed by atoms with van der Waals surface area (Å²) in [4.78, 5) is 125. The molecule has 8 amide bonds. The predicted molar refractivity (Wildman–Crippen MR) is 283 cm³/mol. The van der Waals surface area contributed by atoms with Gasteiger partial charge >= 0.3 is 5.97 Å². The van der Waals surface area contributed by atoms with Crippen molar-refractivity contribution in [3.8, 4) is 5.75 Å². The summed E-state index contributed by atoms with van der Waals surface area (Å²) >= 11 is 0. The molecule has 450 valence electrons. The smallest absolute Gasteiger partial charge is 0.312 e. The van der Waals surface area contributed by atoms with E-state index in [9.17, 15) is 84.0 Å². The second-order valence-electron chi connectivity index (χ2n) is 21.6. The topological polar surface area (TPSA) is 443 Å². The number of ether oxygens (including phenoxy) is 1. The number of nitrogens with one attached hydrogen (secondary N) is 5. The van der Waals surface area contributed by atoms with Gasteiger partial charge < -0.3 is 93.4 Å². The Bertz CT molecular complexity index is 2260. The first-order valence-corrected chi connectivity index (χ1v) is 27.6. The van der Waals surface area contributed by atoms with E-state index in [1.165, 1.54) is 30.7 Å². The Balaban J connectivity index is 1.71. The van der Waals surface area contributed by atoms with Gasteiger partial charge in [-0.25, -0.2) is 0 Å². The molecule has 1 aromatic carbocycles. The van der Waals surface area contributed by atoms with Gasteiger partial charge in [-0.2, -0.15) is 0 Å². The van der Waals surface area contributed by atoms with Gasteiger partial charge in [-0.3, -0.25) is 43.2 Å². The van der Waals surface area contributed by atoms with E-state index in [0.717, 1.165) is 50.3 Å². The van der Waals surface area contributed by atoms with Gasteiger partial charge in [0.05, 0.1) is 37.3 Å². The molecule has 3 aliphatic rings. The molecule has 3 heterocycles. The van der Waals surface area contributed by atoms with Gasteiger partial charge in [-0.1, -0.05) is 77.8 Å². The quantitative estimate of drug-likeness (QED) is 0.0284. The molecule has 3 aliphatic heterocycles. The summed E-state index contributed by atoms with van der Waals surface area (Å²) in [5.41, 5.74) is 10.6. The van der Waals surface area contributed by atoms with Crippen LogP contribution in [0.15, 0.2) is 24.3 Å². The molecule has 0 saturated carbocycles. The van der Waals surface area contributed by atoms with Crippen LogP contribution in [-0.2, 0) is 43.2 Å². The summed E-state index contributed by atoms with van der Waals surface area (Å²) in [6.45, 7) is 6.69. The van der Waals surface area contributed by atoms with E-state index >= 15 is 0 Å². The number of benzene rings is 1. The van der Waals surface area contributed by atoms with Crippen molar-refractivity contribution < 1.29 is 88.7 Å². The van der Waals surface area contributed by atoms with Gasteiger partial charge in [0.15, 0.2) is 6.23 Å². The van der Waals surface area contributed by atoms with Crippen LogP contribution in [-0.4, -0.2) is 203 Å². The molecule has 2 unspecified atom stereocenters. The fourth-order valence-electron chi connectivity index (χ4n) is 10.2. The van der Waals surface area contributed by atoms with E-state index in [4.69, 9.17) is 16.2 Å². The number of aliphatic hydroxyl groups excluding tert-OH is 8. The molecule has 0 aromatic heterocycles. The molecule has 17 N–H and O–H groups in total. The molecule has 0 bridgehead atoms. The van der Waals surface area contributed by atoms with Crippen molar-refractivity contribution in [3.63, 3.8) is 0 Å². The maximum atomic E-state index is 14.5. The van der Waals surface area contributed by atoms with Crippen LogP contribution in [0.4, 0.5) is 0 Å². The fourth-order valence-corrected chi connectivity index (χ4v) is 10.2. The highest BCUT2D eigenvalue weighted by Gasteiger charge is 2.49. The Hall–Kier alpha value is -5.91. The number of fused-ring (bicyclic) bond motifs is 2. The van der Waals surface area contributed by atoms with Crippen LogP contribution in [0.3, 0.4) is 0 Å². The minimum atomic E-state index is -2.41. The average molecular weight is 1140 g/mol. The summed E-state index contributed by atoms with van der Waals surface area (Å²) in [7, 11) is 0. The number of amides is 8. The van der Waals surface area contributed by atoms with Crippen LogP contribution >= 0.6 is 0 Å². The number of carbonyl (C=O) groups is 9. The molecule has 1 aromatic rings. The fraction of sp³-hybridized carbons (Fsp3) is 0.717. The van der Waals surface area contributed by atoms with E-state index in [-0.39, 0.29) is 37.1 Å². The minimum absolute atomic E-state index is 0.0106. The Labute approximate surface area is 464 Å². The number of nitrogens with two attached hydrogens (primary N) is 2. The lowest BCUT2D eigenvalue weighted by Crippen LogP contribution is -2.64. The highest BCUT2D eigenvalue weighted by Crippen LogP contribution is 2.27. The lowest BCUT2D eigenvalue weighted by atomic mass is 9.91. The van der Waals surface area contributed by atoms with Crippen LogP contribution in [0.25, 0.3) is 0 Å². The predicted octanol–water partition coefficient (Wildman–Crippen LogP) is -3.79. The number of esters is 1. The molecule has 3 fully saturated rings. The summed E-state index contributed by atoms with van der Waals surface area (Å²) in [6, 6.07) is -7.30. The van der Waals surface area contributed by atoms with Gasteiger partial charge in [0.1, 0.15) is 60.3 Å². The van der Waals surface area contributed by atoms with Crippen LogP contribution in [0.5, 0.6) is 5.75 Å². The Kier molecular flexibility index (Phi) is 26.6. The molecule has 0 spiro atoms. The second-order valence-corrected chi connectivity index (χ2v) is 21.6. The Morgan fingerprint density at radius 1 is 0.725 bits per heavy atom. The number of aliphatic hydroxyl groups is 8. The molecule has 0 aliphatic carbocycles. The SMILES string of the molecule is CCC(C)CC(C)CCCCCCCCC(=O)N[C@H]1C[C@@H](O)[C@@H](O)NC(=O)[C@@H]2[C@@H](O)CCN2C(=O)[C@H]([C@@H](O)CC(N)=O)NC(=O)[C@H]([C@H](O)[C@@H](O)c2ccc(OC(=O)CCN)cc2)NC(=O)[C@@H]2C[C@@H](O)CN2C(=O)[C@H]([C@H](C)O)NC1=O. The van der Waals surface area contributed by atoms with Crippen LogP contribution < -0.4 is 42.8 Å². The number of hydrogen-bond donors (Lipinski definition) is 15. The van der Waals surface area contributed by atoms with Gasteiger partial charge in [-0.15, -0.1) is 0 Å². The van der Waals surface area contributed by atoms with Crippen molar-refractivity contribution in [2.45, 2.75) is 209 Å². The van der Waals surface area contributed by atoms with Crippen molar-refractivity contribution in [1.29, 1.82) is 0 Å². The maximum Gasteiger partial charge on any atom is 0.312 e. The number of hydrogen-bond acceptors (Lipinski definition) is 19. The molecular weight excluding hydrogens is 1050 g/mol. The first-order valence-electron chi connectivity index (χ1n) is 27.6. The molecule has 80 heavy (non-hydrogen) atoms. The molecular formula is C53H85N9O18. The van der Waals surface area contributed by atoms with Crippen LogP contribution in [0, 0.1) is 11.8 Å². The lowest BCUT2D eigenvalue weighted by molar-refractivity contribution is -0.149. The standard InChI is InChI=1S/C53H85N9O18/c1-5-27(2)22-28(3)12-10-8-6-7-9-11-13-39(69)56-33-24-37(67)49(75)60-51(77)44-35(65)19-21-61(44)53(79)42(36(66)25-38(55)68)58-50(76)43(46(72)45(71)30-14-16-32(17-15-30)80-40(70)18-20-54)59-48(74)34-23-31(64)26-62(34)52(78)41(29(4)63)57-47(33)73/h14-17,27-29,31,33-37,41-46,49,63-67,71-72,75H,5-13,18-26,54H2,1-4H3,(H2,55,68)(H,56,69)(H,57,73)(H,58,76)(H,59,74)(H,60,77)/t27?,28?,29-,31+,33-,34-,35-,36-,37+,41-,42-,43-,44-,45-,46-,49+/m0/s1. The number of carbonyl (C=O) groups excluding carboxylic acids is 9. The molecule has 3 saturated heterocycles. The average Bonchev–Trinajstić information content (AvgIpc) is 4.01. The Morgan fingerprint density at radius 2 is 1.34 bits per heavy atom. The van der Waals surface area contributed by atoms with Gasteiger partial charge in [0.2, 0.25) is 47.3 Å². The van der Waals surface area contributed by atoms with E-state index in [1.54, 1.807) is 0 Å². The summed E-state index contributed by atoms with van der Waals surface area (Å²) in [5, 5.41) is 101. The zero-order valence-corrected chi connectivity index (χ0v) is 46.0. The van der Waals surface area contributed by atoms with Crippen molar-refractivity contribution in [2.24, 2.45) is 23.3 Å². The number of rotatable bonds is 23. The van der Waals surface area contributed by atoms with E-state index in [2.05, 4.69) is 47.4 Å². The largest absolute Gasteiger partial charge is 0.426 e. The first-order chi connectivity index (χ1) is 37.8. The number of primary amides is 1. The monoisotopic (exact) mass is 1140 g/mol. The third kappa shape index (κ3) is 19.4. The van der Waals surface area contributed by atoms with Crippen LogP contribution in [0.1, 0.15) is 136 Å². The zero-order chi connectivity index (χ0) is 59.5. The maximum absolute atomic E-state index is 14.5. The van der Waals surface area contributed by atoms with Crippen molar-refractivity contribution in [2.75, 3.05) is 19.6 Å². The lowest BCUT2D eigenvalue weighted by Gasteiger charge is -2.34. The molecule has 27 nitrogen and oxygen atoms in total. The van der Waals surface area contributed by atoms with E-state index in [1.807, 2.05) is 0 Å². The highest BCUT2D eigenvalue weighted by atomic mass is 16.5. The minimum Gasteiger partial charge on any atom is -0.426 e. The third-order valence-electron chi connectivity index (χ3n) is 14.9. The highest BCUT2D eigenvalue weighted by molar-refractivity contribution is 5.98. The molecule has 4 rings (SSSR count). The normalized spacial score (nSPS) is 27.9.